The molecule has 3 aromatic carbocycles. The van der Waals surface area contributed by atoms with Crippen molar-refractivity contribution in [3.63, 3.8) is 0 Å². The molecule has 1 heterocycles. The Morgan fingerprint density at radius 3 is 2.35 bits per heavy atom. The lowest BCUT2D eigenvalue weighted by molar-refractivity contribution is -0.137. The topological polar surface area (TPSA) is 58.5 Å². The number of alkyl halides is 3. The number of nitrogens with one attached hydrogen (secondary N) is 1. The van der Waals surface area contributed by atoms with E-state index in [-0.39, 0.29) is 5.69 Å². The molecule has 0 fully saturated rings. The number of sulfonamides is 1. The normalized spacial score (nSPS) is 14.0. The van der Waals surface area contributed by atoms with E-state index in [0.717, 1.165) is 29.3 Å². The molecule has 9 heteroatoms. The van der Waals surface area contributed by atoms with Gasteiger partial charge < -0.3 is 0 Å². The fraction of sp³-hybridized carbons (Fsp3) is 0.136. The number of hydrogen-bond donors (Lipinski definition) is 1. The smallest absolute Gasteiger partial charge is 0.284 e. The highest BCUT2D eigenvalue weighted by Crippen LogP contribution is 2.34. The Morgan fingerprint density at radius 1 is 0.968 bits per heavy atom. The molecule has 1 N–H and O–H groups in total. The third-order valence-corrected chi connectivity index (χ3v) is 6.75. The molecule has 0 bridgehead atoms. The van der Waals surface area contributed by atoms with Crippen LogP contribution in [0.15, 0.2) is 76.6 Å². The molecule has 0 atom stereocenters. The number of nitrogens with zero attached hydrogens (tertiary/aromatic N) is 1. The molecule has 0 aliphatic carbocycles. The van der Waals surface area contributed by atoms with Crippen LogP contribution >= 0.6 is 11.6 Å². The molecule has 160 valence electrons. The predicted octanol–water partition coefficient (Wildman–Crippen LogP) is 5.55. The Balaban J connectivity index is 1.58. The summed E-state index contributed by atoms with van der Waals surface area (Å²) in [4.78, 5) is 4.17. The first kappa shape index (κ1) is 21.4. The minimum absolute atomic E-state index is 0.254. The van der Waals surface area contributed by atoms with Gasteiger partial charge in [-0.2, -0.15) is 13.2 Å². The van der Waals surface area contributed by atoms with E-state index in [9.17, 15) is 21.6 Å². The maximum Gasteiger partial charge on any atom is 0.416 e. The third-order valence-electron chi connectivity index (χ3n) is 4.88. The second-order valence-corrected chi connectivity index (χ2v) is 9.02. The zero-order chi connectivity index (χ0) is 22.2. The van der Waals surface area contributed by atoms with Crippen LogP contribution in [-0.2, 0) is 22.6 Å². The van der Waals surface area contributed by atoms with Gasteiger partial charge in [-0.15, -0.1) is 0 Å². The summed E-state index contributed by atoms with van der Waals surface area (Å²) in [7, 11) is -4.17. The summed E-state index contributed by atoms with van der Waals surface area (Å²) >= 11 is 5.83. The summed E-state index contributed by atoms with van der Waals surface area (Å²) in [6.07, 6.45) is -3.75. The van der Waals surface area contributed by atoms with E-state index in [1.165, 1.54) is 5.56 Å². The first-order valence-electron chi connectivity index (χ1n) is 9.28. The van der Waals surface area contributed by atoms with Gasteiger partial charge in [0.15, 0.2) is 0 Å². The van der Waals surface area contributed by atoms with Crippen LogP contribution in [0.5, 0.6) is 0 Å². The summed E-state index contributed by atoms with van der Waals surface area (Å²) in [5, 5.41) is -0.507. The van der Waals surface area contributed by atoms with Gasteiger partial charge in [0.25, 0.3) is 10.0 Å². The van der Waals surface area contributed by atoms with E-state index in [0.29, 0.717) is 18.7 Å². The number of rotatable bonds is 4. The van der Waals surface area contributed by atoms with Crippen molar-refractivity contribution in [1.82, 2.24) is 0 Å². The first-order chi connectivity index (χ1) is 14.6. The van der Waals surface area contributed by atoms with Crippen molar-refractivity contribution in [2.45, 2.75) is 17.5 Å². The standard InChI is InChI=1S/C22H16ClF3N2O2S/c23-19-13-16(22(24,25)26)7-10-20(19)31(29,30)28-17-8-5-15(6-9-17)21-18-4-2-1-3-14(18)11-12-27-21/h1-10,13,28H,11-12H2. The summed E-state index contributed by atoms with van der Waals surface area (Å²) < 4.78 is 66.0. The molecule has 0 saturated carbocycles. The summed E-state index contributed by atoms with van der Waals surface area (Å²) in [6.45, 7) is 0.674. The van der Waals surface area contributed by atoms with Crippen molar-refractivity contribution in [2.24, 2.45) is 4.99 Å². The van der Waals surface area contributed by atoms with Crippen molar-refractivity contribution < 1.29 is 21.6 Å². The number of halogens is 4. The zero-order valence-electron chi connectivity index (χ0n) is 15.9. The van der Waals surface area contributed by atoms with Gasteiger partial charge in [0.2, 0.25) is 0 Å². The maximum atomic E-state index is 12.8. The van der Waals surface area contributed by atoms with E-state index in [1.54, 1.807) is 24.3 Å². The molecule has 3 aromatic rings. The second-order valence-electron chi connectivity index (χ2n) is 6.96. The predicted molar refractivity (Wildman–Crippen MR) is 114 cm³/mol. The molecule has 0 amide bonds. The van der Waals surface area contributed by atoms with Crippen LogP contribution in [0.2, 0.25) is 5.02 Å². The maximum absolute atomic E-state index is 12.8. The fourth-order valence-corrected chi connectivity index (χ4v) is 5.00. The number of fused-ring (bicyclic) bond motifs is 1. The SMILES string of the molecule is O=S(=O)(Nc1ccc(C2=NCCc3ccccc32)cc1)c1ccc(C(F)(F)F)cc1Cl. The van der Waals surface area contributed by atoms with Crippen molar-refractivity contribution in [2.75, 3.05) is 11.3 Å². The molecular weight excluding hydrogens is 449 g/mol. The van der Waals surface area contributed by atoms with Gasteiger partial charge in [0, 0.05) is 23.4 Å². The van der Waals surface area contributed by atoms with Gasteiger partial charge in [-0.25, -0.2) is 8.42 Å². The number of aliphatic imine (C=N–C) groups is 1. The second kappa shape index (κ2) is 8.01. The lowest BCUT2D eigenvalue weighted by atomic mass is 9.93. The Labute approximate surface area is 182 Å². The molecule has 0 aromatic heterocycles. The van der Waals surface area contributed by atoms with Crippen LogP contribution < -0.4 is 4.72 Å². The highest BCUT2D eigenvalue weighted by atomic mass is 35.5. The first-order valence-corrected chi connectivity index (χ1v) is 11.1. The van der Waals surface area contributed by atoms with Gasteiger partial charge in [-0.1, -0.05) is 48.0 Å². The monoisotopic (exact) mass is 464 g/mol. The Bertz CT molecular complexity index is 1270. The van der Waals surface area contributed by atoms with Crippen LogP contribution in [0.1, 0.15) is 22.3 Å². The number of benzene rings is 3. The molecule has 31 heavy (non-hydrogen) atoms. The number of hydrogen-bond acceptors (Lipinski definition) is 3. The highest BCUT2D eigenvalue weighted by Gasteiger charge is 2.32. The lowest BCUT2D eigenvalue weighted by Gasteiger charge is -2.17. The summed E-state index contributed by atoms with van der Waals surface area (Å²) in [6, 6.07) is 16.7. The van der Waals surface area contributed by atoms with Crippen LogP contribution in [0.25, 0.3) is 0 Å². The molecule has 0 saturated heterocycles. The highest BCUT2D eigenvalue weighted by molar-refractivity contribution is 7.92. The molecular formula is C22H16ClF3N2O2S. The van der Waals surface area contributed by atoms with E-state index < -0.39 is 31.7 Å². The van der Waals surface area contributed by atoms with Crippen molar-refractivity contribution in [3.05, 3.63) is 94.0 Å². The molecule has 4 nitrogen and oxygen atoms in total. The van der Waals surface area contributed by atoms with Crippen LogP contribution in [0.4, 0.5) is 18.9 Å². The van der Waals surface area contributed by atoms with E-state index in [4.69, 9.17) is 11.6 Å². The Hall–Kier alpha value is -2.84. The molecule has 1 aliphatic rings. The average molecular weight is 465 g/mol. The third kappa shape index (κ3) is 4.45. The van der Waals surface area contributed by atoms with E-state index >= 15 is 0 Å². The Morgan fingerprint density at radius 2 is 1.68 bits per heavy atom. The minimum Gasteiger partial charge on any atom is -0.284 e. The summed E-state index contributed by atoms with van der Waals surface area (Å²) in [5.74, 6) is 0. The van der Waals surface area contributed by atoms with Crippen molar-refractivity contribution >= 4 is 33.0 Å². The molecule has 4 rings (SSSR count). The van der Waals surface area contributed by atoms with Crippen LogP contribution in [0, 0.1) is 0 Å². The van der Waals surface area contributed by atoms with E-state index in [2.05, 4.69) is 15.8 Å². The van der Waals surface area contributed by atoms with Gasteiger partial charge in [-0.05, 0) is 42.3 Å². The fourth-order valence-electron chi connectivity index (χ4n) is 3.39. The van der Waals surface area contributed by atoms with Gasteiger partial charge in [-0.3, -0.25) is 9.71 Å². The zero-order valence-corrected chi connectivity index (χ0v) is 17.5. The van der Waals surface area contributed by atoms with E-state index in [1.807, 2.05) is 18.2 Å². The Kier molecular flexibility index (Phi) is 5.53. The molecule has 0 radical (unpaired) electrons. The van der Waals surface area contributed by atoms with Gasteiger partial charge in [0.1, 0.15) is 4.90 Å². The minimum atomic E-state index is -4.62. The van der Waals surface area contributed by atoms with Crippen LogP contribution in [-0.4, -0.2) is 20.7 Å². The summed E-state index contributed by atoms with van der Waals surface area (Å²) in [5.41, 5.74) is 3.15. The molecule has 0 spiro atoms. The van der Waals surface area contributed by atoms with Gasteiger partial charge >= 0.3 is 6.18 Å². The van der Waals surface area contributed by atoms with Gasteiger partial charge in [0.05, 0.1) is 16.3 Å². The lowest BCUT2D eigenvalue weighted by Crippen LogP contribution is -2.15. The quantitative estimate of drug-likeness (QED) is 0.550. The van der Waals surface area contributed by atoms with Crippen molar-refractivity contribution in [1.29, 1.82) is 0 Å². The largest absolute Gasteiger partial charge is 0.416 e. The van der Waals surface area contributed by atoms with Crippen LogP contribution in [0.3, 0.4) is 0 Å². The average Bonchev–Trinajstić information content (AvgIpc) is 2.73. The molecule has 0 unspecified atom stereocenters. The van der Waals surface area contributed by atoms with Crippen molar-refractivity contribution in [3.8, 4) is 0 Å². The number of anilines is 1. The molecule has 1 aliphatic heterocycles.